The number of fused-ring (bicyclic) bond motifs is 1. The second-order valence-electron chi connectivity index (χ2n) is 5.87. The number of likely N-dealkylation sites (N-methyl/N-ethyl adjacent to an activating group) is 1. The first-order valence-corrected chi connectivity index (χ1v) is 7.72. The van der Waals surface area contributed by atoms with Crippen molar-refractivity contribution in [3.05, 3.63) is 65.2 Å². The number of ether oxygens (including phenoxy) is 1. The topological polar surface area (TPSA) is 21.3 Å². The number of benzene rings is 2. The van der Waals surface area contributed by atoms with Crippen molar-refractivity contribution >= 4 is 0 Å². The molecule has 0 amide bonds. The summed E-state index contributed by atoms with van der Waals surface area (Å²) >= 11 is 0. The van der Waals surface area contributed by atoms with Crippen molar-refractivity contribution in [1.29, 1.82) is 0 Å². The molecule has 0 radical (unpaired) electrons. The molecular formula is C19H23NO. The van der Waals surface area contributed by atoms with Crippen LogP contribution in [0.25, 0.3) is 0 Å². The molecule has 21 heavy (non-hydrogen) atoms. The molecule has 2 atom stereocenters. The molecule has 0 saturated carbocycles. The van der Waals surface area contributed by atoms with Gasteiger partial charge < -0.3 is 10.1 Å². The Morgan fingerprint density at radius 3 is 2.86 bits per heavy atom. The van der Waals surface area contributed by atoms with E-state index in [0.29, 0.717) is 12.0 Å². The van der Waals surface area contributed by atoms with Crippen LogP contribution in [-0.4, -0.2) is 19.7 Å². The Morgan fingerprint density at radius 1 is 1.19 bits per heavy atom. The molecular weight excluding hydrogens is 258 g/mol. The summed E-state index contributed by atoms with van der Waals surface area (Å²) in [7, 11) is 2.07. The van der Waals surface area contributed by atoms with Gasteiger partial charge in [-0.3, -0.25) is 0 Å². The lowest BCUT2D eigenvalue weighted by atomic mass is 9.83. The Balaban J connectivity index is 1.84. The van der Waals surface area contributed by atoms with E-state index < -0.39 is 0 Å². The molecule has 1 heterocycles. The van der Waals surface area contributed by atoms with Gasteiger partial charge in [0, 0.05) is 12.0 Å². The van der Waals surface area contributed by atoms with Gasteiger partial charge in [-0.1, -0.05) is 48.0 Å². The van der Waals surface area contributed by atoms with Crippen LogP contribution in [0.2, 0.25) is 0 Å². The molecule has 0 aromatic heterocycles. The second-order valence-corrected chi connectivity index (χ2v) is 5.87. The van der Waals surface area contributed by atoms with Crippen LogP contribution in [0.1, 0.15) is 29.0 Å². The van der Waals surface area contributed by atoms with Crippen LogP contribution in [0.4, 0.5) is 0 Å². The third-order valence-electron chi connectivity index (χ3n) is 4.40. The van der Waals surface area contributed by atoms with Crippen LogP contribution in [0.3, 0.4) is 0 Å². The molecule has 1 aliphatic rings. The van der Waals surface area contributed by atoms with Crippen molar-refractivity contribution in [3.63, 3.8) is 0 Å². The monoisotopic (exact) mass is 281 g/mol. The molecule has 2 aromatic carbocycles. The fraction of sp³-hybridized carbons (Fsp3) is 0.368. The molecule has 110 valence electrons. The molecule has 0 saturated heterocycles. The fourth-order valence-electron chi connectivity index (χ4n) is 3.33. The number of hydrogen-bond donors (Lipinski definition) is 1. The second kappa shape index (κ2) is 6.31. The quantitative estimate of drug-likeness (QED) is 0.923. The van der Waals surface area contributed by atoms with E-state index in [9.17, 15) is 0 Å². The summed E-state index contributed by atoms with van der Waals surface area (Å²) in [5.41, 5.74) is 4.07. The maximum absolute atomic E-state index is 5.79. The van der Waals surface area contributed by atoms with Crippen LogP contribution < -0.4 is 10.1 Å². The Labute approximate surface area is 127 Å². The zero-order valence-electron chi connectivity index (χ0n) is 12.8. The van der Waals surface area contributed by atoms with E-state index in [0.717, 1.165) is 25.2 Å². The SMILES string of the molecule is CNC(Cc1cccc(C)c1)C1CCOc2ccccc21. The summed E-state index contributed by atoms with van der Waals surface area (Å²) in [4.78, 5) is 0. The summed E-state index contributed by atoms with van der Waals surface area (Å²) < 4.78 is 5.79. The molecule has 1 aliphatic heterocycles. The van der Waals surface area contributed by atoms with E-state index >= 15 is 0 Å². The molecule has 0 fully saturated rings. The van der Waals surface area contributed by atoms with E-state index in [-0.39, 0.29) is 0 Å². The number of rotatable bonds is 4. The average molecular weight is 281 g/mol. The zero-order chi connectivity index (χ0) is 14.7. The molecule has 0 spiro atoms. The lowest BCUT2D eigenvalue weighted by molar-refractivity contribution is 0.247. The lowest BCUT2D eigenvalue weighted by Crippen LogP contribution is -2.36. The standard InChI is InChI=1S/C19H23NO/c1-14-6-5-7-15(12-14)13-18(20-2)16-10-11-21-19-9-4-3-8-17(16)19/h3-9,12,16,18,20H,10-11,13H2,1-2H3. The fourth-order valence-corrected chi connectivity index (χ4v) is 3.33. The van der Waals surface area contributed by atoms with E-state index in [4.69, 9.17) is 4.74 Å². The first-order valence-electron chi connectivity index (χ1n) is 7.72. The highest BCUT2D eigenvalue weighted by Crippen LogP contribution is 2.36. The normalized spacial score (nSPS) is 18.7. The highest BCUT2D eigenvalue weighted by atomic mass is 16.5. The lowest BCUT2D eigenvalue weighted by Gasteiger charge is -2.32. The number of hydrogen-bond acceptors (Lipinski definition) is 2. The van der Waals surface area contributed by atoms with Gasteiger partial charge in [-0.15, -0.1) is 0 Å². The van der Waals surface area contributed by atoms with Gasteiger partial charge in [0.25, 0.3) is 0 Å². The minimum Gasteiger partial charge on any atom is -0.493 e. The van der Waals surface area contributed by atoms with E-state index in [1.165, 1.54) is 16.7 Å². The third kappa shape index (κ3) is 3.11. The van der Waals surface area contributed by atoms with Crippen LogP contribution in [-0.2, 0) is 6.42 Å². The molecule has 2 heteroatoms. The largest absolute Gasteiger partial charge is 0.493 e. The van der Waals surface area contributed by atoms with Crippen molar-refractivity contribution in [2.24, 2.45) is 0 Å². The number of para-hydroxylation sites is 1. The summed E-state index contributed by atoms with van der Waals surface area (Å²) in [6, 6.07) is 17.7. The predicted octanol–water partition coefficient (Wildman–Crippen LogP) is 3.69. The van der Waals surface area contributed by atoms with Crippen molar-refractivity contribution in [2.45, 2.75) is 31.7 Å². The predicted molar refractivity (Wildman–Crippen MR) is 87.0 cm³/mol. The van der Waals surface area contributed by atoms with Crippen LogP contribution in [0.5, 0.6) is 5.75 Å². The van der Waals surface area contributed by atoms with Crippen molar-refractivity contribution in [3.8, 4) is 5.75 Å². The molecule has 0 aliphatic carbocycles. The maximum Gasteiger partial charge on any atom is 0.122 e. The van der Waals surface area contributed by atoms with Crippen LogP contribution in [0, 0.1) is 6.92 Å². The van der Waals surface area contributed by atoms with Gasteiger partial charge in [-0.05, 0) is 44.0 Å². The Bertz CT molecular complexity index is 608. The van der Waals surface area contributed by atoms with Gasteiger partial charge in [0.15, 0.2) is 0 Å². The summed E-state index contributed by atoms with van der Waals surface area (Å²) in [6.07, 6.45) is 2.13. The number of nitrogens with one attached hydrogen (secondary N) is 1. The Kier molecular flexibility index (Phi) is 4.26. The third-order valence-corrected chi connectivity index (χ3v) is 4.40. The molecule has 2 aromatic rings. The average Bonchev–Trinajstić information content (AvgIpc) is 2.52. The Morgan fingerprint density at radius 2 is 2.05 bits per heavy atom. The summed E-state index contributed by atoms with van der Waals surface area (Å²) in [6.45, 7) is 2.97. The van der Waals surface area contributed by atoms with E-state index in [1.54, 1.807) is 0 Å². The molecule has 2 nitrogen and oxygen atoms in total. The first kappa shape index (κ1) is 14.2. The molecule has 0 bridgehead atoms. The molecule has 1 N–H and O–H groups in total. The highest BCUT2D eigenvalue weighted by molar-refractivity contribution is 5.39. The van der Waals surface area contributed by atoms with Gasteiger partial charge in [-0.25, -0.2) is 0 Å². The van der Waals surface area contributed by atoms with Gasteiger partial charge in [0.05, 0.1) is 6.61 Å². The molecule has 2 unspecified atom stereocenters. The smallest absolute Gasteiger partial charge is 0.122 e. The van der Waals surface area contributed by atoms with Gasteiger partial charge >= 0.3 is 0 Å². The van der Waals surface area contributed by atoms with Crippen molar-refractivity contribution in [1.82, 2.24) is 5.32 Å². The minimum atomic E-state index is 0.442. The first-order chi connectivity index (χ1) is 10.3. The van der Waals surface area contributed by atoms with Gasteiger partial charge in [0.2, 0.25) is 0 Å². The zero-order valence-corrected chi connectivity index (χ0v) is 12.8. The summed E-state index contributed by atoms with van der Waals surface area (Å²) in [5.74, 6) is 1.57. The van der Waals surface area contributed by atoms with Gasteiger partial charge in [-0.2, -0.15) is 0 Å². The van der Waals surface area contributed by atoms with E-state index in [1.807, 2.05) is 0 Å². The van der Waals surface area contributed by atoms with Crippen molar-refractivity contribution in [2.75, 3.05) is 13.7 Å². The van der Waals surface area contributed by atoms with Crippen LogP contribution in [0.15, 0.2) is 48.5 Å². The van der Waals surface area contributed by atoms with E-state index in [2.05, 4.69) is 67.8 Å². The summed E-state index contributed by atoms with van der Waals surface area (Å²) in [5, 5.41) is 3.53. The highest BCUT2D eigenvalue weighted by Gasteiger charge is 2.27. The minimum absolute atomic E-state index is 0.442. The number of aryl methyl sites for hydroxylation is 1. The van der Waals surface area contributed by atoms with Crippen LogP contribution >= 0.6 is 0 Å². The maximum atomic E-state index is 5.79. The van der Waals surface area contributed by atoms with Gasteiger partial charge in [0.1, 0.15) is 5.75 Å². The molecule has 3 rings (SSSR count). The Hall–Kier alpha value is -1.80. The van der Waals surface area contributed by atoms with Crippen molar-refractivity contribution < 1.29 is 4.74 Å².